The molecule has 32 heavy (non-hydrogen) atoms. The normalized spacial score (nSPS) is 13.2. The van der Waals surface area contributed by atoms with Crippen LogP contribution in [0.25, 0.3) is 5.82 Å². The molecule has 0 radical (unpaired) electrons. The van der Waals surface area contributed by atoms with Crippen LogP contribution in [-0.2, 0) is 0 Å². The first-order valence-corrected chi connectivity index (χ1v) is 10.8. The van der Waals surface area contributed by atoms with Crippen LogP contribution in [0.5, 0.6) is 5.88 Å². The van der Waals surface area contributed by atoms with Crippen molar-refractivity contribution in [3.05, 3.63) is 64.4 Å². The molecule has 0 atom stereocenters. The predicted octanol–water partition coefficient (Wildman–Crippen LogP) is 4.16. The molecule has 2 heterocycles. The van der Waals surface area contributed by atoms with Gasteiger partial charge in [0.1, 0.15) is 5.69 Å². The molecule has 0 saturated heterocycles. The number of carbonyl (C=O) groups excluding carboxylic acids is 2. The predicted molar refractivity (Wildman–Crippen MR) is 122 cm³/mol. The lowest BCUT2D eigenvalue weighted by Crippen LogP contribution is -2.27. The fraction of sp³-hybridized carbons (Fsp3) is 0.304. The Labute approximate surface area is 190 Å². The minimum atomic E-state index is -0.465. The van der Waals surface area contributed by atoms with E-state index < -0.39 is 5.91 Å². The number of aromatic nitrogens is 3. The SMILES string of the molecule is Cc1cccc(C(=O)NC2CC2)c1NC(=O)c1cc(OC(C)C)nn1-c1ncccc1Cl. The first-order valence-electron chi connectivity index (χ1n) is 10.4. The van der Waals surface area contributed by atoms with Crippen LogP contribution in [0, 0.1) is 6.92 Å². The number of rotatable bonds is 7. The standard InChI is InChI=1S/C23H24ClN5O3/c1-13(2)32-19-12-18(29(28-19)21-17(24)8-5-11-25-21)23(31)27-20-14(3)6-4-7-16(20)22(30)26-15-9-10-15/h4-8,11-13,15H,9-10H2,1-3H3,(H,26,30)(H,27,31). The van der Waals surface area contributed by atoms with Crippen molar-refractivity contribution in [3.63, 3.8) is 0 Å². The number of para-hydroxylation sites is 1. The number of hydrogen-bond acceptors (Lipinski definition) is 5. The topological polar surface area (TPSA) is 98.1 Å². The Bertz CT molecular complexity index is 1170. The molecular formula is C23H24ClN5O3. The highest BCUT2D eigenvalue weighted by atomic mass is 35.5. The summed E-state index contributed by atoms with van der Waals surface area (Å²) >= 11 is 6.31. The van der Waals surface area contributed by atoms with Gasteiger partial charge in [-0.25, -0.2) is 9.67 Å². The molecule has 9 heteroatoms. The zero-order valence-corrected chi connectivity index (χ0v) is 18.8. The van der Waals surface area contributed by atoms with Crippen LogP contribution in [0.15, 0.2) is 42.6 Å². The lowest BCUT2D eigenvalue weighted by atomic mass is 10.1. The molecule has 2 amide bonds. The summed E-state index contributed by atoms with van der Waals surface area (Å²) in [5.41, 5.74) is 1.80. The summed E-state index contributed by atoms with van der Waals surface area (Å²) < 4.78 is 7.03. The first-order chi connectivity index (χ1) is 15.3. The van der Waals surface area contributed by atoms with E-state index in [2.05, 4.69) is 20.7 Å². The Kier molecular flexibility index (Phi) is 6.14. The highest BCUT2D eigenvalue weighted by Crippen LogP contribution is 2.27. The van der Waals surface area contributed by atoms with Crippen molar-refractivity contribution < 1.29 is 14.3 Å². The van der Waals surface area contributed by atoms with Gasteiger partial charge in [-0.2, -0.15) is 0 Å². The van der Waals surface area contributed by atoms with Crippen molar-refractivity contribution in [1.29, 1.82) is 0 Å². The number of amides is 2. The van der Waals surface area contributed by atoms with E-state index in [1.54, 1.807) is 30.5 Å². The number of ether oxygens (including phenoxy) is 1. The highest BCUT2D eigenvalue weighted by molar-refractivity contribution is 6.32. The van der Waals surface area contributed by atoms with Crippen LogP contribution in [0.3, 0.4) is 0 Å². The molecule has 2 aromatic heterocycles. The Morgan fingerprint density at radius 3 is 2.66 bits per heavy atom. The lowest BCUT2D eigenvalue weighted by molar-refractivity contribution is 0.0952. The van der Waals surface area contributed by atoms with Crippen molar-refractivity contribution in [2.24, 2.45) is 0 Å². The van der Waals surface area contributed by atoms with Crippen molar-refractivity contribution in [1.82, 2.24) is 20.1 Å². The summed E-state index contributed by atoms with van der Waals surface area (Å²) in [5.74, 6) is -0.109. The Morgan fingerprint density at radius 2 is 1.97 bits per heavy atom. The number of benzene rings is 1. The molecule has 3 aromatic rings. The third kappa shape index (κ3) is 4.75. The number of nitrogens with zero attached hydrogens (tertiary/aromatic N) is 3. The molecule has 0 aliphatic heterocycles. The molecule has 1 aliphatic carbocycles. The van der Waals surface area contributed by atoms with E-state index >= 15 is 0 Å². The van der Waals surface area contributed by atoms with Gasteiger partial charge in [0.05, 0.1) is 22.4 Å². The Morgan fingerprint density at radius 1 is 1.19 bits per heavy atom. The maximum absolute atomic E-state index is 13.4. The number of halogens is 1. The molecule has 4 rings (SSSR count). The number of anilines is 1. The summed E-state index contributed by atoms with van der Waals surface area (Å²) in [4.78, 5) is 30.3. The number of carbonyl (C=O) groups is 2. The van der Waals surface area contributed by atoms with Gasteiger partial charge in [-0.3, -0.25) is 9.59 Å². The molecule has 1 fully saturated rings. The van der Waals surface area contributed by atoms with Gasteiger partial charge in [0.25, 0.3) is 11.8 Å². The molecule has 0 bridgehead atoms. The smallest absolute Gasteiger partial charge is 0.274 e. The summed E-state index contributed by atoms with van der Waals surface area (Å²) in [5, 5.41) is 10.6. The van der Waals surface area contributed by atoms with Gasteiger partial charge in [-0.15, -0.1) is 5.10 Å². The van der Waals surface area contributed by atoms with E-state index in [1.165, 1.54) is 10.7 Å². The van der Waals surface area contributed by atoms with Crippen LogP contribution in [-0.4, -0.2) is 38.7 Å². The van der Waals surface area contributed by atoms with Gasteiger partial charge in [0.15, 0.2) is 5.82 Å². The van der Waals surface area contributed by atoms with Gasteiger partial charge >= 0.3 is 0 Å². The molecular weight excluding hydrogens is 430 g/mol. The quantitative estimate of drug-likeness (QED) is 0.559. The van der Waals surface area contributed by atoms with Crippen molar-refractivity contribution in [2.45, 2.75) is 45.8 Å². The van der Waals surface area contributed by atoms with E-state index in [-0.39, 0.29) is 29.6 Å². The van der Waals surface area contributed by atoms with E-state index in [0.717, 1.165) is 18.4 Å². The van der Waals surface area contributed by atoms with E-state index in [9.17, 15) is 9.59 Å². The van der Waals surface area contributed by atoms with E-state index in [4.69, 9.17) is 16.3 Å². The van der Waals surface area contributed by atoms with Crippen LogP contribution in [0.4, 0.5) is 5.69 Å². The van der Waals surface area contributed by atoms with Crippen molar-refractivity contribution in [3.8, 4) is 11.7 Å². The van der Waals surface area contributed by atoms with Crippen LogP contribution < -0.4 is 15.4 Å². The summed E-state index contributed by atoms with van der Waals surface area (Å²) in [6.45, 7) is 5.57. The molecule has 166 valence electrons. The third-order valence-electron chi connectivity index (χ3n) is 4.88. The fourth-order valence-corrected chi connectivity index (χ4v) is 3.41. The second kappa shape index (κ2) is 9.00. The Balaban J connectivity index is 1.70. The van der Waals surface area contributed by atoms with Crippen LogP contribution in [0.1, 0.15) is 53.1 Å². The Hall–Kier alpha value is -3.39. The second-order valence-corrected chi connectivity index (χ2v) is 8.36. The van der Waals surface area contributed by atoms with Crippen LogP contribution >= 0.6 is 11.6 Å². The third-order valence-corrected chi connectivity index (χ3v) is 5.18. The molecule has 1 aromatic carbocycles. The summed E-state index contributed by atoms with van der Waals surface area (Å²) in [7, 11) is 0. The number of hydrogen-bond donors (Lipinski definition) is 2. The first kappa shape index (κ1) is 21.8. The molecule has 8 nitrogen and oxygen atoms in total. The minimum absolute atomic E-state index is 0.137. The van der Waals surface area contributed by atoms with Crippen molar-refractivity contribution in [2.75, 3.05) is 5.32 Å². The van der Waals surface area contributed by atoms with Gasteiger partial charge in [-0.1, -0.05) is 23.7 Å². The number of pyridine rings is 1. The lowest BCUT2D eigenvalue weighted by Gasteiger charge is -2.14. The minimum Gasteiger partial charge on any atom is -0.474 e. The van der Waals surface area contributed by atoms with E-state index in [1.807, 2.05) is 26.8 Å². The highest BCUT2D eigenvalue weighted by Gasteiger charge is 2.27. The average Bonchev–Trinajstić information content (AvgIpc) is 3.46. The molecule has 0 unspecified atom stereocenters. The zero-order chi connectivity index (χ0) is 22.8. The fourth-order valence-electron chi connectivity index (χ4n) is 3.21. The maximum atomic E-state index is 13.4. The maximum Gasteiger partial charge on any atom is 0.274 e. The summed E-state index contributed by atoms with van der Waals surface area (Å²) in [6, 6.07) is 10.4. The number of aryl methyl sites for hydroxylation is 1. The van der Waals surface area contributed by atoms with E-state index in [0.29, 0.717) is 22.1 Å². The van der Waals surface area contributed by atoms with Gasteiger partial charge in [-0.05, 0) is 57.4 Å². The molecule has 2 N–H and O–H groups in total. The molecule has 1 saturated carbocycles. The van der Waals surface area contributed by atoms with Gasteiger partial charge in [0, 0.05) is 18.3 Å². The van der Waals surface area contributed by atoms with Gasteiger partial charge in [0.2, 0.25) is 5.88 Å². The van der Waals surface area contributed by atoms with Gasteiger partial charge < -0.3 is 15.4 Å². The second-order valence-electron chi connectivity index (χ2n) is 7.95. The number of nitrogens with one attached hydrogen (secondary N) is 2. The largest absolute Gasteiger partial charge is 0.474 e. The van der Waals surface area contributed by atoms with Crippen LogP contribution in [0.2, 0.25) is 5.02 Å². The molecule has 0 spiro atoms. The summed E-state index contributed by atoms with van der Waals surface area (Å²) in [6.07, 6.45) is 3.38. The average molecular weight is 454 g/mol. The van der Waals surface area contributed by atoms with Crippen molar-refractivity contribution >= 4 is 29.1 Å². The zero-order valence-electron chi connectivity index (χ0n) is 18.1. The monoisotopic (exact) mass is 453 g/mol. The molecule has 1 aliphatic rings.